The molecule has 0 radical (unpaired) electrons. The molecule has 2 aromatic carbocycles. The molecule has 0 aliphatic carbocycles. The summed E-state index contributed by atoms with van der Waals surface area (Å²) in [6.07, 6.45) is 5.42. The third-order valence-corrected chi connectivity index (χ3v) is 9.79. The molecule has 6 rings (SSSR count). The first kappa shape index (κ1) is 33.4. The number of hydrogen-bond acceptors (Lipinski definition) is 9. The highest BCUT2D eigenvalue weighted by atomic mass is 16.5. The fourth-order valence-electron chi connectivity index (χ4n) is 7.05. The molecule has 1 N–H and O–H groups in total. The van der Waals surface area contributed by atoms with Gasteiger partial charge in [0.1, 0.15) is 6.23 Å². The van der Waals surface area contributed by atoms with Crippen molar-refractivity contribution < 1.29 is 33.6 Å². The fraction of sp³-hybridized carbons (Fsp3) is 0.486. The van der Waals surface area contributed by atoms with Crippen LogP contribution in [0.15, 0.2) is 53.6 Å². The molecule has 48 heavy (non-hydrogen) atoms. The second-order valence-corrected chi connectivity index (χ2v) is 13.1. The first-order valence-corrected chi connectivity index (χ1v) is 16.8. The van der Waals surface area contributed by atoms with Crippen LogP contribution in [-0.2, 0) is 0 Å². The summed E-state index contributed by atoms with van der Waals surface area (Å²) < 4.78 is 23.5. The first-order valence-electron chi connectivity index (χ1n) is 16.8. The van der Waals surface area contributed by atoms with Crippen molar-refractivity contribution in [2.75, 3.05) is 45.4 Å². The minimum Gasteiger partial charge on any atom is -0.493 e. The Morgan fingerprint density at radius 1 is 0.854 bits per heavy atom. The van der Waals surface area contributed by atoms with Crippen molar-refractivity contribution in [1.82, 2.24) is 9.80 Å². The van der Waals surface area contributed by atoms with Crippen LogP contribution in [-0.4, -0.2) is 97.8 Å². The summed E-state index contributed by atoms with van der Waals surface area (Å²) in [5.41, 5.74) is 4.17. The molecule has 2 saturated heterocycles. The lowest BCUT2D eigenvalue weighted by atomic mass is 10.1. The van der Waals surface area contributed by atoms with Crippen molar-refractivity contribution in [2.45, 2.75) is 76.7 Å². The molecular formula is C37H46N4O7. The number of ether oxygens (including phenoxy) is 4. The number of hydrogen-bond donors (Lipinski definition) is 1. The predicted molar refractivity (Wildman–Crippen MR) is 184 cm³/mol. The molecule has 11 heteroatoms. The quantitative estimate of drug-likeness (QED) is 0.234. The average molecular weight is 659 g/mol. The molecule has 0 aromatic heterocycles. The summed E-state index contributed by atoms with van der Waals surface area (Å²) in [6, 6.07) is 6.61. The van der Waals surface area contributed by atoms with Crippen LogP contribution >= 0.6 is 0 Å². The van der Waals surface area contributed by atoms with E-state index in [1.807, 2.05) is 17.2 Å². The smallest absolute Gasteiger partial charge is 0.257 e. The number of carbonyl (C=O) groups is 2. The zero-order valence-corrected chi connectivity index (χ0v) is 28.4. The topological polar surface area (TPSA) is 113 Å². The molecule has 4 aliphatic heterocycles. The molecule has 4 aliphatic rings. The molecule has 4 atom stereocenters. The van der Waals surface area contributed by atoms with Gasteiger partial charge in [0, 0.05) is 37.5 Å². The first-order chi connectivity index (χ1) is 23.1. The summed E-state index contributed by atoms with van der Waals surface area (Å²) in [4.78, 5) is 37.0. The van der Waals surface area contributed by atoms with Crippen molar-refractivity contribution in [2.24, 2.45) is 4.99 Å². The molecule has 256 valence electrons. The highest BCUT2D eigenvalue weighted by molar-refractivity contribution is 6.04. The van der Waals surface area contributed by atoms with Gasteiger partial charge in [0.25, 0.3) is 11.8 Å². The number of methoxy groups -OCH3 is 2. The van der Waals surface area contributed by atoms with Gasteiger partial charge in [-0.05, 0) is 57.6 Å². The van der Waals surface area contributed by atoms with Crippen LogP contribution in [0.4, 0.5) is 11.4 Å². The van der Waals surface area contributed by atoms with Crippen LogP contribution in [0, 0.1) is 0 Å². The Kier molecular flexibility index (Phi) is 9.68. The molecular weight excluding hydrogens is 612 g/mol. The number of aliphatic imine (C=N–C) groups is 1. The number of unbranched alkanes of at least 4 members (excludes halogenated alkanes) is 2. The maximum Gasteiger partial charge on any atom is 0.257 e. The Balaban J connectivity index is 1.08. The van der Waals surface area contributed by atoms with Gasteiger partial charge in [0.15, 0.2) is 23.0 Å². The summed E-state index contributed by atoms with van der Waals surface area (Å²) in [6.45, 7) is 14.1. The third-order valence-electron chi connectivity index (χ3n) is 9.79. The van der Waals surface area contributed by atoms with Gasteiger partial charge in [-0.2, -0.15) is 0 Å². The number of aliphatic hydroxyl groups is 1. The van der Waals surface area contributed by atoms with Crippen molar-refractivity contribution in [3.63, 3.8) is 0 Å². The van der Waals surface area contributed by atoms with Crippen LogP contribution in [0.5, 0.6) is 23.0 Å². The number of nitrogens with zero attached hydrogens (tertiary/aromatic N) is 4. The second-order valence-electron chi connectivity index (χ2n) is 13.1. The lowest BCUT2D eigenvalue weighted by Gasteiger charge is -2.38. The number of fused-ring (bicyclic) bond motifs is 4. The summed E-state index contributed by atoms with van der Waals surface area (Å²) in [7, 11) is 3.12. The standard InChI is InChI=1S/C37H46N4O7/c1-7-24(4)41-29-18-34(32(46-6)16-27(29)36(43)40-21-23(3)14-30(40)37(41)44)48-12-10-8-9-11-47-33-17-28-26(15-31(33)45-5)35(42)39-20-22(2)13-25(39)19-38-28/h15-19,24-25,30,37,44H,2-3,7-14,20-21H2,1,4-6H3/t24?,25-,30-,37-/m0/s1. The molecule has 2 fully saturated rings. The van der Waals surface area contributed by atoms with Crippen LogP contribution in [0.2, 0.25) is 0 Å². The Bertz CT molecular complexity index is 1640. The minimum atomic E-state index is -0.867. The van der Waals surface area contributed by atoms with Crippen molar-refractivity contribution in [1.29, 1.82) is 0 Å². The second kappa shape index (κ2) is 13.9. The Morgan fingerprint density at radius 2 is 1.46 bits per heavy atom. The molecule has 0 saturated carbocycles. The third kappa shape index (κ3) is 6.23. The molecule has 2 aromatic rings. The summed E-state index contributed by atoms with van der Waals surface area (Å²) in [5, 5.41) is 11.5. The van der Waals surface area contributed by atoms with Crippen LogP contribution < -0.4 is 23.8 Å². The van der Waals surface area contributed by atoms with Gasteiger partial charge in [-0.3, -0.25) is 14.6 Å². The maximum atomic E-state index is 13.7. The van der Waals surface area contributed by atoms with Crippen molar-refractivity contribution in [3.05, 3.63) is 59.7 Å². The van der Waals surface area contributed by atoms with E-state index in [1.54, 1.807) is 42.2 Å². The number of benzene rings is 2. The van der Waals surface area contributed by atoms with Gasteiger partial charge < -0.3 is 38.8 Å². The van der Waals surface area contributed by atoms with Gasteiger partial charge in [0.2, 0.25) is 0 Å². The number of aliphatic hydroxyl groups excluding tert-OH is 1. The molecule has 4 heterocycles. The number of carbonyl (C=O) groups excluding carboxylic acids is 2. The zero-order chi connectivity index (χ0) is 34.1. The molecule has 0 spiro atoms. The number of anilines is 1. The van der Waals surface area contributed by atoms with E-state index in [4.69, 9.17) is 18.9 Å². The normalized spacial score (nSPS) is 22.1. The lowest BCUT2D eigenvalue weighted by Crippen LogP contribution is -2.51. The fourth-order valence-corrected chi connectivity index (χ4v) is 7.05. The van der Waals surface area contributed by atoms with Crippen molar-refractivity contribution >= 4 is 29.4 Å². The van der Waals surface area contributed by atoms with E-state index in [2.05, 4.69) is 32.0 Å². The van der Waals surface area contributed by atoms with E-state index in [1.165, 1.54) is 0 Å². The van der Waals surface area contributed by atoms with E-state index in [9.17, 15) is 14.7 Å². The number of amides is 2. The molecule has 2 amide bonds. The minimum absolute atomic E-state index is 0.00926. The van der Waals surface area contributed by atoms with Gasteiger partial charge in [0.05, 0.1) is 62.0 Å². The van der Waals surface area contributed by atoms with Crippen molar-refractivity contribution in [3.8, 4) is 23.0 Å². The largest absolute Gasteiger partial charge is 0.493 e. The van der Waals surface area contributed by atoms with Gasteiger partial charge in [-0.1, -0.05) is 31.2 Å². The van der Waals surface area contributed by atoms with E-state index < -0.39 is 6.23 Å². The van der Waals surface area contributed by atoms with Crippen LogP contribution in [0.1, 0.15) is 73.1 Å². The van der Waals surface area contributed by atoms with Crippen LogP contribution in [0.3, 0.4) is 0 Å². The Morgan fingerprint density at radius 3 is 2.12 bits per heavy atom. The van der Waals surface area contributed by atoms with Crippen LogP contribution in [0.25, 0.3) is 0 Å². The van der Waals surface area contributed by atoms with Gasteiger partial charge in [-0.15, -0.1) is 0 Å². The highest BCUT2D eigenvalue weighted by Gasteiger charge is 2.44. The highest BCUT2D eigenvalue weighted by Crippen LogP contribution is 2.43. The van der Waals surface area contributed by atoms with Gasteiger partial charge in [-0.25, -0.2) is 0 Å². The van der Waals surface area contributed by atoms with Gasteiger partial charge >= 0.3 is 0 Å². The van der Waals surface area contributed by atoms with E-state index in [0.717, 1.165) is 43.3 Å². The number of rotatable bonds is 12. The Labute approximate surface area is 282 Å². The van der Waals surface area contributed by atoms with E-state index in [0.29, 0.717) is 78.2 Å². The monoisotopic (exact) mass is 658 g/mol. The average Bonchev–Trinajstić information content (AvgIpc) is 3.62. The van der Waals surface area contributed by atoms with E-state index >= 15 is 0 Å². The predicted octanol–water partition coefficient (Wildman–Crippen LogP) is 5.53. The zero-order valence-electron chi connectivity index (χ0n) is 28.4. The summed E-state index contributed by atoms with van der Waals surface area (Å²) in [5.74, 6) is 1.83. The lowest BCUT2D eigenvalue weighted by molar-refractivity contribution is 0.0492. The molecule has 11 nitrogen and oxygen atoms in total. The SMILES string of the molecule is C=C1C[C@H]2C=Nc3cc(OCCCCCOc4cc5c(cc4OC)C(=O)N4CC(=C)C[C@H]4[C@H](O)N5C(C)CC)c(OC)cc3C(=O)N2C1. The molecule has 1 unspecified atom stereocenters. The maximum absolute atomic E-state index is 13.7. The Hall–Kier alpha value is -4.51. The van der Waals surface area contributed by atoms with E-state index in [-0.39, 0.29) is 29.9 Å². The summed E-state index contributed by atoms with van der Waals surface area (Å²) >= 11 is 0. The molecule has 0 bridgehead atoms.